The van der Waals surface area contributed by atoms with Crippen molar-refractivity contribution in [3.8, 4) is 0 Å². The molecule has 2 saturated heterocycles. The zero-order valence-electron chi connectivity index (χ0n) is 16.4. The van der Waals surface area contributed by atoms with E-state index in [2.05, 4.69) is 22.2 Å². The van der Waals surface area contributed by atoms with Crippen LogP contribution in [0.5, 0.6) is 0 Å². The van der Waals surface area contributed by atoms with Crippen LogP contribution in [0.2, 0.25) is 0 Å². The van der Waals surface area contributed by atoms with Crippen LogP contribution in [-0.4, -0.2) is 79.4 Å². The van der Waals surface area contributed by atoms with Crippen molar-refractivity contribution >= 4 is 11.8 Å². The fourth-order valence-electron chi connectivity index (χ4n) is 3.87. The lowest BCUT2D eigenvalue weighted by Gasteiger charge is -2.33. The Bertz CT molecular complexity index is 614. The largest absolute Gasteiger partial charge is 0.352 e. The predicted octanol–water partition coefficient (Wildman–Crippen LogP) is 1.18. The second-order valence-corrected chi connectivity index (χ2v) is 7.79. The molecule has 0 aliphatic carbocycles. The molecule has 1 aromatic carbocycles. The van der Waals surface area contributed by atoms with Gasteiger partial charge in [0.15, 0.2) is 0 Å². The standard InChI is InChI=1S/C21H32N4O2/c1-23-10-5-11-24(15-14-23)17-20(26)25-12-8-19(9-13-25)21(27)22-16-18-6-3-2-4-7-18/h2-4,6-7,19H,5,8-17H2,1H3,(H,22,27). The molecule has 148 valence electrons. The lowest BCUT2D eigenvalue weighted by atomic mass is 9.95. The third kappa shape index (κ3) is 6.04. The smallest absolute Gasteiger partial charge is 0.236 e. The summed E-state index contributed by atoms with van der Waals surface area (Å²) < 4.78 is 0. The van der Waals surface area contributed by atoms with Gasteiger partial charge in [-0.2, -0.15) is 0 Å². The number of nitrogens with one attached hydrogen (secondary N) is 1. The zero-order valence-corrected chi connectivity index (χ0v) is 16.4. The Balaban J connectivity index is 1.38. The number of likely N-dealkylation sites (tertiary alicyclic amines) is 1. The average Bonchev–Trinajstić information content (AvgIpc) is 2.91. The molecule has 1 N–H and O–H groups in total. The molecule has 6 heteroatoms. The molecule has 2 aliphatic rings. The number of benzene rings is 1. The molecule has 6 nitrogen and oxygen atoms in total. The van der Waals surface area contributed by atoms with Crippen LogP contribution in [0.25, 0.3) is 0 Å². The minimum atomic E-state index is 0.0181. The van der Waals surface area contributed by atoms with Crippen molar-refractivity contribution in [2.45, 2.75) is 25.8 Å². The molecule has 2 amide bonds. The van der Waals surface area contributed by atoms with Gasteiger partial charge in [0.2, 0.25) is 11.8 Å². The van der Waals surface area contributed by atoms with E-state index >= 15 is 0 Å². The van der Waals surface area contributed by atoms with E-state index in [0.29, 0.717) is 26.2 Å². The fraction of sp³-hybridized carbons (Fsp3) is 0.619. The summed E-state index contributed by atoms with van der Waals surface area (Å²) in [6.07, 6.45) is 2.64. The van der Waals surface area contributed by atoms with Crippen molar-refractivity contribution in [3.05, 3.63) is 35.9 Å². The summed E-state index contributed by atoms with van der Waals surface area (Å²) in [5.74, 6) is 0.341. The number of hydrogen-bond donors (Lipinski definition) is 1. The summed E-state index contributed by atoms with van der Waals surface area (Å²) in [6.45, 7) is 6.55. The van der Waals surface area contributed by atoms with Gasteiger partial charge in [-0.1, -0.05) is 30.3 Å². The van der Waals surface area contributed by atoms with Crippen LogP contribution < -0.4 is 5.32 Å². The van der Waals surface area contributed by atoms with Gasteiger partial charge in [-0.25, -0.2) is 0 Å². The maximum absolute atomic E-state index is 12.6. The summed E-state index contributed by atoms with van der Waals surface area (Å²) in [6, 6.07) is 9.97. The highest BCUT2D eigenvalue weighted by Crippen LogP contribution is 2.18. The van der Waals surface area contributed by atoms with Crippen molar-refractivity contribution < 1.29 is 9.59 Å². The molecule has 0 atom stereocenters. The number of carbonyl (C=O) groups is 2. The molecular weight excluding hydrogens is 340 g/mol. The minimum absolute atomic E-state index is 0.0181. The number of piperidine rings is 1. The first-order chi connectivity index (χ1) is 13.1. The van der Waals surface area contributed by atoms with Gasteiger partial charge >= 0.3 is 0 Å². The molecule has 2 heterocycles. The molecule has 3 rings (SSSR count). The third-order valence-corrected chi connectivity index (χ3v) is 5.70. The Labute approximate surface area is 162 Å². The van der Waals surface area contributed by atoms with Gasteiger partial charge in [-0.15, -0.1) is 0 Å². The van der Waals surface area contributed by atoms with E-state index in [0.717, 1.165) is 51.0 Å². The van der Waals surface area contributed by atoms with Crippen LogP contribution >= 0.6 is 0 Å². The summed E-state index contributed by atoms with van der Waals surface area (Å²) in [7, 11) is 2.14. The summed E-state index contributed by atoms with van der Waals surface area (Å²) in [4.78, 5) is 31.6. The van der Waals surface area contributed by atoms with Gasteiger partial charge in [0.1, 0.15) is 0 Å². The SMILES string of the molecule is CN1CCCN(CC(=O)N2CCC(C(=O)NCc3ccccc3)CC2)CC1. The van der Waals surface area contributed by atoms with Gasteiger partial charge in [0, 0.05) is 38.6 Å². The lowest BCUT2D eigenvalue weighted by Crippen LogP contribution is -2.47. The van der Waals surface area contributed by atoms with Gasteiger partial charge < -0.3 is 15.1 Å². The molecule has 0 spiro atoms. The summed E-state index contributed by atoms with van der Waals surface area (Å²) in [5, 5.41) is 3.03. The average molecular weight is 373 g/mol. The molecule has 0 unspecified atom stereocenters. The van der Waals surface area contributed by atoms with Crippen LogP contribution in [-0.2, 0) is 16.1 Å². The Morgan fingerprint density at radius 3 is 2.48 bits per heavy atom. The van der Waals surface area contributed by atoms with Gasteiger partial charge in [0.05, 0.1) is 6.54 Å². The molecule has 0 radical (unpaired) electrons. The minimum Gasteiger partial charge on any atom is -0.352 e. The fourth-order valence-corrected chi connectivity index (χ4v) is 3.87. The van der Waals surface area contributed by atoms with Crippen LogP contribution in [0.3, 0.4) is 0 Å². The molecule has 0 saturated carbocycles. The Morgan fingerprint density at radius 1 is 1.00 bits per heavy atom. The van der Waals surface area contributed by atoms with Crippen LogP contribution in [0.4, 0.5) is 0 Å². The van der Waals surface area contributed by atoms with E-state index in [4.69, 9.17) is 0 Å². The Hall–Kier alpha value is -1.92. The van der Waals surface area contributed by atoms with E-state index in [1.165, 1.54) is 0 Å². The topological polar surface area (TPSA) is 55.9 Å². The summed E-state index contributed by atoms with van der Waals surface area (Å²) >= 11 is 0. The maximum Gasteiger partial charge on any atom is 0.236 e. The van der Waals surface area contributed by atoms with E-state index in [1.807, 2.05) is 35.2 Å². The molecule has 2 fully saturated rings. The van der Waals surface area contributed by atoms with Crippen molar-refractivity contribution in [1.82, 2.24) is 20.0 Å². The Morgan fingerprint density at radius 2 is 1.74 bits per heavy atom. The normalized spacial score (nSPS) is 20.3. The molecule has 2 aliphatic heterocycles. The van der Waals surface area contributed by atoms with Gasteiger partial charge in [-0.3, -0.25) is 14.5 Å². The predicted molar refractivity (Wildman–Crippen MR) is 106 cm³/mol. The molecule has 27 heavy (non-hydrogen) atoms. The molecule has 0 bridgehead atoms. The first-order valence-electron chi connectivity index (χ1n) is 10.1. The lowest BCUT2D eigenvalue weighted by molar-refractivity contribution is -0.136. The van der Waals surface area contributed by atoms with Crippen LogP contribution in [0.1, 0.15) is 24.8 Å². The Kier molecular flexibility index (Phi) is 7.24. The van der Waals surface area contributed by atoms with E-state index < -0.39 is 0 Å². The van der Waals surface area contributed by atoms with Gasteiger partial charge in [-0.05, 0) is 45.0 Å². The number of carbonyl (C=O) groups excluding carboxylic acids is 2. The zero-order chi connectivity index (χ0) is 19.1. The number of hydrogen-bond acceptors (Lipinski definition) is 4. The van der Waals surface area contributed by atoms with Crippen LogP contribution in [0, 0.1) is 5.92 Å². The third-order valence-electron chi connectivity index (χ3n) is 5.70. The second kappa shape index (κ2) is 9.85. The van der Waals surface area contributed by atoms with E-state index in [-0.39, 0.29) is 17.7 Å². The number of rotatable bonds is 5. The highest BCUT2D eigenvalue weighted by molar-refractivity contribution is 5.80. The second-order valence-electron chi connectivity index (χ2n) is 7.79. The number of likely N-dealkylation sites (N-methyl/N-ethyl adjacent to an activating group) is 1. The van der Waals surface area contributed by atoms with Crippen molar-refractivity contribution in [1.29, 1.82) is 0 Å². The number of amides is 2. The monoisotopic (exact) mass is 372 g/mol. The van der Waals surface area contributed by atoms with Crippen molar-refractivity contribution in [3.63, 3.8) is 0 Å². The van der Waals surface area contributed by atoms with Crippen LogP contribution in [0.15, 0.2) is 30.3 Å². The maximum atomic E-state index is 12.6. The van der Waals surface area contributed by atoms with E-state index in [9.17, 15) is 9.59 Å². The quantitative estimate of drug-likeness (QED) is 0.843. The first kappa shape index (κ1) is 19.8. The first-order valence-corrected chi connectivity index (χ1v) is 10.1. The summed E-state index contributed by atoms with van der Waals surface area (Å²) in [5.41, 5.74) is 1.11. The number of nitrogens with zero attached hydrogens (tertiary/aromatic N) is 3. The van der Waals surface area contributed by atoms with Crippen molar-refractivity contribution in [2.75, 3.05) is 52.9 Å². The highest BCUT2D eigenvalue weighted by atomic mass is 16.2. The van der Waals surface area contributed by atoms with E-state index in [1.54, 1.807) is 0 Å². The van der Waals surface area contributed by atoms with Gasteiger partial charge in [0.25, 0.3) is 0 Å². The molecule has 0 aromatic heterocycles. The highest BCUT2D eigenvalue weighted by Gasteiger charge is 2.28. The molecule has 1 aromatic rings. The molecular formula is C21H32N4O2. The van der Waals surface area contributed by atoms with Crippen molar-refractivity contribution in [2.24, 2.45) is 5.92 Å².